The molecule has 6 heteroatoms. The van der Waals surface area contributed by atoms with Gasteiger partial charge in [-0.15, -0.1) is 5.10 Å². The largest absolute Gasteiger partial charge is 0.409 e. The SMILES string of the molecule is Cc1ccccc1-c1nn(C[NH+]2CCOCC2)c(=S)o1. The molecule has 0 saturated carbocycles. The van der Waals surface area contributed by atoms with Crippen LogP contribution in [-0.2, 0) is 11.4 Å². The zero-order valence-electron chi connectivity index (χ0n) is 11.5. The Labute approximate surface area is 122 Å². The van der Waals surface area contributed by atoms with Crippen molar-refractivity contribution in [1.82, 2.24) is 9.78 Å². The highest BCUT2D eigenvalue weighted by molar-refractivity contribution is 7.71. The highest BCUT2D eigenvalue weighted by Gasteiger charge is 2.17. The minimum absolute atomic E-state index is 0.433. The third-order valence-electron chi connectivity index (χ3n) is 3.56. The first kappa shape index (κ1) is 13.5. The van der Waals surface area contributed by atoms with Gasteiger partial charge in [0.15, 0.2) is 6.67 Å². The number of hydrogen-bond acceptors (Lipinski definition) is 4. The topological polar surface area (TPSA) is 44.6 Å². The van der Waals surface area contributed by atoms with Gasteiger partial charge in [-0.3, -0.25) is 0 Å². The molecule has 0 unspecified atom stereocenters. The van der Waals surface area contributed by atoms with Crippen LogP contribution in [0.25, 0.3) is 11.5 Å². The minimum Gasteiger partial charge on any atom is -0.409 e. The summed E-state index contributed by atoms with van der Waals surface area (Å²) >= 11 is 5.27. The Bertz CT molecular complexity index is 644. The molecule has 1 saturated heterocycles. The average molecular weight is 292 g/mol. The molecule has 106 valence electrons. The first-order chi connectivity index (χ1) is 9.74. The highest BCUT2D eigenvalue weighted by atomic mass is 32.1. The summed E-state index contributed by atoms with van der Waals surface area (Å²) in [5.41, 5.74) is 2.13. The van der Waals surface area contributed by atoms with Crippen molar-refractivity contribution in [3.8, 4) is 11.5 Å². The van der Waals surface area contributed by atoms with Crippen LogP contribution < -0.4 is 4.90 Å². The maximum Gasteiger partial charge on any atom is 0.292 e. The van der Waals surface area contributed by atoms with Gasteiger partial charge in [0.1, 0.15) is 13.1 Å². The van der Waals surface area contributed by atoms with Gasteiger partial charge in [0, 0.05) is 5.56 Å². The van der Waals surface area contributed by atoms with Crippen LogP contribution in [0.15, 0.2) is 28.7 Å². The lowest BCUT2D eigenvalue weighted by Gasteiger charge is -2.22. The second-order valence-electron chi connectivity index (χ2n) is 5.01. The van der Waals surface area contributed by atoms with Crippen molar-refractivity contribution < 1.29 is 14.1 Å². The number of rotatable bonds is 3. The molecular formula is C14H18N3O2S+. The van der Waals surface area contributed by atoms with Crippen LogP contribution in [0.4, 0.5) is 0 Å². The van der Waals surface area contributed by atoms with Gasteiger partial charge in [0.25, 0.3) is 4.84 Å². The summed E-state index contributed by atoms with van der Waals surface area (Å²) in [7, 11) is 0. The number of nitrogens with one attached hydrogen (secondary N) is 1. The quantitative estimate of drug-likeness (QED) is 0.859. The number of morpholine rings is 1. The second-order valence-corrected chi connectivity index (χ2v) is 5.36. The number of ether oxygens (including phenoxy) is 1. The van der Waals surface area contributed by atoms with E-state index in [4.69, 9.17) is 21.4 Å². The highest BCUT2D eigenvalue weighted by Crippen LogP contribution is 2.21. The molecule has 0 radical (unpaired) electrons. The first-order valence-corrected chi connectivity index (χ1v) is 7.20. The Hall–Kier alpha value is -1.50. The Kier molecular flexibility index (Phi) is 3.95. The van der Waals surface area contributed by atoms with Crippen molar-refractivity contribution in [2.75, 3.05) is 26.3 Å². The van der Waals surface area contributed by atoms with E-state index in [9.17, 15) is 0 Å². The van der Waals surface area contributed by atoms with Crippen molar-refractivity contribution >= 4 is 12.2 Å². The Balaban J connectivity index is 1.84. The number of quaternary nitrogens is 1. The lowest BCUT2D eigenvalue weighted by Crippen LogP contribution is -3.13. The van der Waals surface area contributed by atoms with Crippen LogP contribution in [0.1, 0.15) is 5.56 Å². The molecule has 1 fully saturated rings. The summed E-state index contributed by atoms with van der Waals surface area (Å²) in [6.45, 7) is 6.33. The van der Waals surface area contributed by atoms with Crippen LogP contribution >= 0.6 is 12.2 Å². The predicted molar refractivity (Wildman–Crippen MR) is 77.0 cm³/mol. The first-order valence-electron chi connectivity index (χ1n) is 6.79. The summed E-state index contributed by atoms with van der Waals surface area (Å²) in [4.78, 5) is 1.85. The standard InChI is InChI=1S/C14H17N3O2S/c1-11-4-2-3-5-12(11)13-15-17(14(20)19-13)10-16-6-8-18-9-7-16/h2-5H,6-10H2,1H3/p+1. The van der Waals surface area contributed by atoms with E-state index in [1.165, 1.54) is 4.90 Å². The fourth-order valence-electron chi connectivity index (χ4n) is 2.36. The van der Waals surface area contributed by atoms with Gasteiger partial charge in [-0.05, 0) is 30.8 Å². The molecule has 1 aliphatic heterocycles. The summed E-state index contributed by atoms with van der Waals surface area (Å²) in [5, 5.41) is 4.52. The average Bonchev–Trinajstić information content (AvgIpc) is 2.81. The lowest BCUT2D eigenvalue weighted by molar-refractivity contribution is -0.931. The van der Waals surface area contributed by atoms with Crippen molar-refractivity contribution in [3.63, 3.8) is 0 Å². The molecule has 0 amide bonds. The van der Waals surface area contributed by atoms with Crippen molar-refractivity contribution in [3.05, 3.63) is 34.7 Å². The number of nitrogens with zero attached hydrogens (tertiary/aromatic N) is 2. The lowest BCUT2D eigenvalue weighted by atomic mass is 10.1. The fraction of sp³-hybridized carbons (Fsp3) is 0.429. The van der Waals surface area contributed by atoms with E-state index in [2.05, 4.69) is 5.10 Å². The zero-order valence-corrected chi connectivity index (χ0v) is 12.3. The predicted octanol–water partition coefficient (Wildman–Crippen LogP) is 1.05. The molecule has 1 N–H and O–H groups in total. The van der Waals surface area contributed by atoms with Crippen LogP contribution in [0, 0.1) is 11.8 Å². The molecule has 2 aromatic rings. The molecule has 0 aliphatic carbocycles. The molecule has 1 aromatic heterocycles. The van der Waals surface area contributed by atoms with Gasteiger partial charge < -0.3 is 14.1 Å². The molecule has 0 atom stereocenters. The van der Waals surface area contributed by atoms with Gasteiger partial charge in [0.2, 0.25) is 5.89 Å². The summed E-state index contributed by atoms with van der Waals surface area (Å²) in [6.07, 6.45) is 0. The number of hydrogen-bond donors (Lipinski definition) is 1. The van der Waals surface area contributed by atoms with Crippen LogP contribution in [0.5, 0.6) is 0 Å². The monoisotopic (exact) mass is 292 g/mol. The zero-order chi connectivity index (χ0) is 13.9. The van der Waals surface area contributed by atoms with Gasteiger partial charge in [-0.2, -0.15) is 4.68 Å². The van der Waals surface area contributed by atoms with E-state index in [0.717, 1.165) is 44.1 Å². The van der Waals surface area contributed by atoms with Crippen molar-refractivity contribution in [2.24, 2.45) is 0 Å². The van der Waals surface area contributed by atoms with E-state index in [1.807, 2.05) is 31.2 Å². The minimum atomic E-state index is 0.433. The van der Waals surface area contributed by atoms with E-state index in [-0.39, 0.29) is 0 Å². The van der Waals surface area contributed by atoms with Gasteiger partial charge in [-0.1, -0.05) is 18.2 Å². The molecule has 5 nitrogen and oxygen atoms in total. The Morgan fingerprint density at radius 2 is 2.05 bits per heavy atom. The molecular weight excluding hydrogens is 274 g/mol. The normalized spacial score (nSPS) is 16.4. The van der Waals surface area contributed by atoms with E-state index >= 15 is 0 Å². The smallest absolute Gasteiger partial charge is 0.292 e. The summed E-state index contributed by atoms with van der Waals surface area (Å²) in [5.74, 6) is 0.598. The number of aryl methyl sites for hydroxylation is 1. The van der Waals surface area contributed by atoms with Crippen LogP contribution in [0.2, 0.25) is 0 Å². The molecule has 20 heavy (non-hydrogen) atoms. The molecule has 1 aliphatic rings. The van der Waals surface area contributed by atoms with E-state index in [0.29, 0.717) is 10.7 Å². The molecule has 0 spiro atoms. The summed E-state index contributed by atoms with van der Waals surface area (Å²) in [6, 6.07) is 8.03. The summed E-state index contributed by atoms with van der Waals surface area (Å²) < 4.78 is 12.8. The van der Waals surface area contributed by atoms with Gasteiger partial charge in [-0.25, -0.2) is 0 Å². The van der Waals surface area contributed by atoms with Crippen LogP contribution in [-0.4, -0.2) is 36.1 Å². The van der Waals surface area contributed by atoms with E-state index < -0.39 is 0 Å². The third kappa shape index (κ3) is 2.82. The molecule has 0 bridgehead atoms. The number of aromatic nitrogens is 2. The maximum absolute atomic E-state index is 5.65. The van der Waals surface area contributed by atoms with Gasteiger partial charge in [0.05, 0.1) is 13.2 Å². The Morgan fingerprint density at radius 1 is 1.30 bits per heavy atom. The fourth-order valence-corrected chi connectivity index (χ4v) is 2.54. The van der Waals surface area contributed by atoms with Crippen LogP contribution in [0.3, 0.4) is 0 Å². The van der Waals surface area contributed by atoms with Gasteiger partial charge >= 0.3 is 0 Å². The molecule has 1 aromatic carbocycles. The third-order valence-corrected chi connectivity index (χ3v) is 3.85. The van der Waals surface area contributed by atoms with Crippen molar-refractivity contribution in [2.45, 2.75) is 13.6 Å². The van der Waals surface area contributed by atoms with E-state index in [1.54, 1.807) is 4.68 Å². The molecule has 3 rings (SSSR count). The number of benzene rings is 1. The van der Waals surface area contributed by atoms with Crippen molar-refractivity contribution in [1.29, 1.82) is 0 Å². The maximum atomic E-state index is 5.65. The molecule has 2 heterocycles. The second kappa shape index (κ2) is 5.87. The Morgan fingerprint density at radius 3 is 2.80 bits per heavy atom.